The zero-order chi connectivity index (χ0) is 19.7. The minimum Gasteiger partial charge on any atom is -0.307 e. The Balaban J connectivity index is 2.07. The van der Waals surface area contributed by atoms with Gasteiger partial charge >= 0.3 is 0 Å². The van der Waals surface area contributed by atoms with E-state index in [4.69, 9.17) is 0 Å². The predicted molar refractivity (Wildman–Crippen MR) is 107 cm³/mol. The van der Waals surface area contributed by atoms with Crippen molar-refractivity contribution in [3.05, 3.63) is 113 Å². The van der Waals surface area contributed by atoms with Gasteiger partial charge in [0.05, 0.1) is 16.6 Å². The molecule has 134 valence electrons. The smallest absolute Gasteiger partial charge is 0.196 e. The molecule has 0 N–H and O–H groups in total. The van der Waals surface area contributed by atoms with Crippen LogP contribution in [0.25, 0.3) is 5.52 Å². The fraction of sp³-hybridized carbons (Fsp3) is 0.0417. The normalized spacial score (nSPS) is 10.6. The van der Waals surface area contributed by atoms with Gasteiger partial charge < -0.3 is 4.40 Å². The number of carbonyl (C=O) groups excluding carboxylic acids is 2. The highest BCUT2D eigenvalue weighted by atomic mass is 16.1. The van der Waals surface area contributed by atoms with Crippen LogP contribution in [0.3, 0.4) is 0 Å². The Morgan fingerprint density at radius 2 is 1.36 bits per heavy atom. The minimum atomic E-state index is -0.335. The monoisotopic (exact) mass is 364 g/mol. The van der Waals surface area contributed by atoms with Crippen LogP contribution < -0.4 is 0 Å². The van der Waals surface area contributed by atoms with E-state index < -0.39 is 0 Å². The van der Waals surface area contributed by atoms with E-state index in [1.54, 1.807) is 59.1 Å². The van der Waals surface area contributed by atoms with Gasteiger partial charge in [-0.3, -0.25) is 9.59 Å². The molecule has 4 heteroatoms. The number of rotatable bonds is 4. The summed E-state index contributed by atoms with van der Waals surface area (Å²) in [5.41, 5.74) is 2.99. The molecule has 0 fully saturated rings. The topological polar surface area (TPSA) is 62.3 Å². The molecule has 0 amide bonds. The molecular formula is C24H16N2O2. The lowest BCUT2D eigenvalue weighted by Crippen LogP contribution is -2.10. The number of aryl methyl sites for hydroxylation is 1. The van der Waals surface area contributed by atoms with E-state index in [-0.39, 0.29) is 28.4 Å². The van der Waals surface area contributed by atoms with Crippen molar-refractivity contribution in [1.82, 2.24) is 4.40 Å². The maximum absolute atomic E-state index is 13.4. The fourth-order valence-electron chi connectivity index (χ4n) is 3.39. The molecule has 0 unspecified atom stereocenters. The molecular weight excluding hydrogens is 348 g/mol. The number of nitriles is 1. The molecule has 0 aliphatic heterocycles. The molecule has 0 bridgehead atoms. The molecule has 4 aromatic rings. The van der Waals surface area contributed by atoms with Crippen LogP contribution in [-0.4, -0.2) is 16.0 Å². The Morgan fingerprint density at radius 1 is 0.821 bits per heavy atom. The minimum absolute atomic E-state index is 0.146. The first-order valence-corrected chi connectivity index (χ1v) is 8.86. The van der Waals surface area contributed by atoms with E-state index in [0.717, 1.165) is 5.56 Å². The summed E-state index contributed by atoms with van der Waals surface area (Å²) in [7, 11) is 0. The van der Waals surface area contributed by atoms with Gasteiger partial charge in [-0.05, 0) is 24.6 Å². The highest BCUT2D eigenvalue weighted by Gasteiger charge is 2.29. The maximum Gasteiger partial charge on any atom is 0.196 e. The van der Waals surface area contributed by atoms with Crippen LogP contribution >= 0.6 is 0 Å². The van der Waals surface area contributed by atoms with Crippen molar-refractivity contribution < 1.29 is 9.59 Å². The molecule has 0 saturated heterocycles. The summed E-state index contributed by atoms with van der Waals surface area (Å²) in [5, 5.41) is 9.81. The first-order valence-electron chi connectivity index (χ1n) is 8.86. The van der Waals surface area contributed by atoms with Gasteiger partial charge in [0.1, 0.15) is 11.8 Å². The SMILES string of the molecule is Cc1ccn2c(C#N)c(C(=O)c3ccccc3)c(C(=O)c3ccccc3)c2c1. The van der Waals surface area contributed by atoms with E-state index in [1.165, 1.54) is 0 Å². The molecule has 0 atom stereocenters. The van der Waals surface area contributed by atoms with Gasteiger partial charge in [0.2, 0.25) is 0 Å². The quantitative estimate of drug-likeness (QED) is 0.498. The maximum atomic E-state index is 13.4. The van der Waals surface area contributed by atoms with E-state index in [9.17, 15) is 14.9 Å². The molecule has 0 radical (unpaired) electrons. The van der Waals surface area contributed by atoms with E-state index >= 15 is 0 Å². The lowest BCUT2D eigenvalue weighted by atomic mass is 9.94. The van der Waals surface area contributed by atoms with Gasteiger partial charge in [-0.2, -0.15) is 5.26 Å². The van der Waals surface area contributed by atoms with Gasteiger partial charge in [-0.15, -0.1) is 0 Å². The number of benzene rings is 2. The van der Waals surface area contributed by atoms with Crippen LogP contribution in [0.4, 0.5) is 0 Å². The van der Waals surface area contributed by atoms with Crippen LogP contribution in [-0.2, 0) is 0 Å². The molecule has 4 nitrogen and oxygen atoms in total. The number of carbonyl (C=O) groups is 2. The second-order valence-electron chi connectivity index (χ2n) is 6.56. The van der Waals surface area contributed by atoms with Gasteiger partial charge in [-0.25, -0.2) is 0 Å². The van der Waals surface area contributed by atoms with Gasteiger partial charge in [-0.1, -0.05) is 60.7 Å². The summed E-state index contributed by atoms with van der Waals surface area (Å²) in [5.74, 6) is -0.609. The highest BCUT2D eigenvalue weighted by molar-refractivity contribution is 6.24. The number of pyridine rings is 1. The van der Waals surface area contributed by atoms with E-state index in [0.29, 0.717) is 16.6 Å². The molecule has 0 saturated carbocycles. The molecule has 28 heavy (non-hydrogen) atoms. The first kappa shape index (κ1) is 17.4. The number of fused-ring (bicyclic) bond motifs is 1. The lowest BCUT2D eigenvalue weighted by molar-refractivity contribution is 0.100. The second kappa shape index (κ2) is 6.98. The van der Waals surface area contributed by atoms with Crippen LogP contribution in [0.2, 0.25) is 0 Å². The summed E-state index contributed by atoms with van der Waals surface area (Å²) in [6.07, 6.45) is 1.73. The van der Waals surface area contributed by atoms with Crippen LogP contribution in [0.1, 0.15) is 43.1 Å². The third-order valence-corrected chi connectivity index (χ3v) is 4.73. The van der Waals surface area contributed by atoms with Crippen molar-refractivity contribution in [3.63, 3.8) is 0 Å². The average Bonchev–Trinajstić information content (AvgIpc) is 3.07. The van der Waals surface area contributed by atoms with Crippen molar-refractivity contribution in [2.75, 3.05) is 0 Å². The van der Waals surface area contributed by atoms with Crippen molar-refractivity contribution in [1.29, 1.82) is 5.26 Å². The third kappa shape index (κ3) is 2.80. The molecule has 2 heterocycles. The molecule has 0 aliphatic rings. The number of hydrogen-bond acceptors (Lipinski definition) is 3. The summed E-state index contributed by atoms with van der Waals surface area (Å²) in [6.45, 7) is 1.91. The second-order valence-corrected chi connectivity index (χ2v) is 6.56. The molecule has 0 spiro atoms. The van der Waals surface area contributed by atoms with Crippen molar-refractivity contribution in [2.45, 2.75) is 6.92 Å². The van der Waals surface area contributed by atoms with Crippen LogP contribution in [0.5, 0.6) is 0 Å². The summed E-state index contributed by atoms with van der Waals surface area (Å²) < 4.78 is 1.62. The summed E-state index contributed by atoms with van der Waals surface area (Å²) >= 11 is 0. The third-order valence-electron chi connectivity index (χ3n) is 4.73. The Bertz CT molecular complexity index is 1250. The zero-order valence-corrected chi connectivity index (χ0v) is 15.2. The number of aromatic nitrogens is 1. The Labute approximate surface area is 162 Å². The summed E-state index contributed by atoms with van der Waals surface area (Å²) in [4.78, 5) is 26.7. The van der Waals surface area contributed by atoms with Crippen molar-refractivity contribution in [2.24, 2.45) is 0 Å². The van der Waals surface area contributed by atoms with Crippen LogP contribution in [0.15, 0.2) is 79.0 Å². The molecule has 4 rings (SSSR count). The number of ketones is 2. The van der Waals surface area contributed by atoms with Crippen molar-refractivity contribution >= 4 is 17.1 Å². The zero-order valence-electron chi connectivity index (χ0n) is 15.2. The predicted octanol–water partition coefficient (Wildman–Crippen LogP) is 4.58. The van der Waals surface area contributed by atoms with Gasteiger partial charge in [0.15, 0.2) is 11.6 Å². The van der Waals surface area contributed by atoms with Gasteiger partial charge in [0.25, 0.3) is 0 Å². The Morgan fingerprint density at radius 3 is 1.89 bits per heavy atom. The Hall–Kier alpha value is -3.97. The molecule has 2 aromatic heterocycles. The standard InChI is InChI=1S/C24H16N2O2/c1-16-12-13-26-19(14-16)21(23(27)17-8-4-2-5-9-17)22(20(26)15-25)24(28)18-10-6-3-7-11-18/h2-14H,1H3. The number of nitrogens with zero attached hydrogens (tertiary/aromatic N) is 2. The first-order chi connectivity index (χ1) is 13.6. The fourth-order valence-corrected chi connectivity index (χ4v) is 3.39. The number of hydrogen-bond donors (Lipinski definition) is 0. The lowest BCUT2D eigenvalue weighted by Gasteiger charge is -2.05. The van der Waals surface area contributed by atoms with Crippen molar-refractivity contribution in [3.8, 4) is 6.07 Å². The van der Waals surface area contributed by atoms with E-state index in [1.807, 2.05) is 31.2 Å². The molecule has 0 aliphatic carbocycles. The van der Waals surface area contributed by atoms with Gasteiger partial charge in [0, 0.05) is 17.3 Å². The summed E-state index contributed by atoms with van der Waals surface area (Å²) in [6, 6.07) is 23.3. The highest BCUT2D eigenvalue weighted by Crippen LogP contribution is 2.29. The largest absolute Gasteiger partial charge is 0.307 e. The Kier molecular flexibility index (Phi) is 4.35. The van der Waals surface area contributed by atoms with E-state index in [2.05, 4.69) is 6.07 Å². The molecule has 2 aromatic carbocycles. The van der Waals surface area contributed by atoms with Crippen LogP contribution in [0, 0.1) is 18.3 Å². The average molecular weight is 364 g/mol.